The molecule has 116 valence electrons. The molecule has 0 spiro atoms. The van der Waals surface area contributed by atoms with Gasteiger partial charge in [-0.3, -0.25) is 9.59 Å². The quantitative estimate of drug-likeness (QED) is 0.423. The lowest BCUT2D eigenvalue weighted by molar-refractivity contribution is -0.137. The second-order valence-electron chi connectivity index (χ2n) is 5.20. The fraction of sp³-hybridized carbons (Fsp3) is 0.667. The zero-order valence-corrected chi connectivity index (χ0v) is 12.5. The van der Waals surface area contributed by atoms with Gasteiger partial charge in [-0.2, -0.15) is 5.26 Å². The zero-order chi connectivity index (χ0) is 15.7. The van der Waals surface area contributed by atoms with Gasteiger partial charge in [-0.05, 0) is 32.1 Å². The van der Waals surface area contributed by atoms with Gasteiger partial charge in [-0.25, -0.2) is 0 Å². The first-order valence-corrected chi connectivity index (χ1v) is 7.46. The highest BCUT2D eigenvalue weighted by Crippen LogP contribution is 2.20. The third kappa shape index (κ3) is 5.86. The summed E-state index contributed by atoms with van der Waals surface area (Å²) in [6.07, 6.45) is 6.37. The van der Waals surface area contributed by atoms with E-state index in [1.807, 2.05) is 6.07 Å². The normalized spacial score (nSPS) is 19.0. The van der Waals surface area contributed by atoms with Gasteiger partial charge in [-0.15, -0.1) is 0 Å². The van der Waals surface area contributed by atoms with Crippen LogP contribution in [0, 0.1) is 11.3 Å². The summed E-state index contributed by atoms with van der Waals surface area (Å²) in [6, 6.07) is 2.33. The Morgan fingerprint density at radius 2 is 2.24 bits per heavy atom. The Bertz CT molecular complexity index is 440. The summed E-state index contributed by atoms with van der Waals surface area (Å²) in [5.74, 6) is -1.32. The smallest absolute Gasteiger partial charge is 0.303 e. The first-order chi connectivity index (χ1) is 10.1. The lowest BCUT2D eigenvalue weighted by atomic mass is 10.0. The highest BCUT2D eigenvalue weighted by Gasteiger charge is 2.20. The third-order valence-corrected chi connectivity index (χ3v) is 3.66. The average Bonchev–Trinajstić information content (AvgIpc) is 2.49. The Balaban J connectivity index is 2.55. The van der Waals surface area contributed by atoms with Crippen LogP contribution in [0.2, 0.25) is 0 Å². The highest BCUT2D eigenvalue weighted by atomic mass is 16.4. The van der Waals surface area contributed by atoms with E-state index in [4.69, 9.17) is 10.4 Å². The second-order valence-corrected chi connectivity index (χ2v) is 5.20. The molecule has 0 bridgehead atoms. The summed E-state index contributed by atoms with van der Waals surface area (Å²) in [6.45, 7) is 3.24. The maximum atomic E-state index is 11.9. The summed E-state index contributed by atoms with van der Waals surface area (Å²) in [4.78, 5) is 24.4. The Kier molecular flexibility index (Phi) is 7.30. The molecular weight excluding hydrogens is 270 g/mol. The van der Waals surface area contributed by atoms with Crippen molar-refractivity contribution >= 4 is 11.9 Å². The van der Waals surface area contributed by atoms with Crippen molar-refractivity contribution in [1.82, 2.24) is 10.2 Å². The summed E-state index contributed by atoms with van der Waals surface area (Å²) in [5, 5.41) is 20.2. The van der Waals surface area contributed by atoms with Crippen molar-refractivity contribution in [3.05, 3.63) is 11.8 Å². The van der Waals surface area contributed by atoms with Crippen molar-refractivity contribution < 1.29 is 14.7 Å². The minimum atomic E-state index is -0.889. The molecule has 1 amide bonds. The molecule has 0 radical (unpaired) electrons. The van der Waals surface area contributed by atoms with Crippen molar-refractivity contribution in [1.29, 1.82) is 5.26 Å². The Morgan fingerprint density at radius 3 is 2.86 bits per heavy atom. The van der Waals surface area contributed by atoms with Gasteiger partial charge >= 0.3 is 5.97 Å². The molecule has 6 heteroatoms. The molecule has 0 aromatic heterocycles. The van der Waals surface area contributed by atoms with Crippen LogP contribution in [0.25, 0.3) is 0 Å². The van der Waals surface area contributed by atoms with E-state index < -0.39 is 11.9 Å². The van der Waals surface area contributed by atoms with Gasteiger partial charge < -0.3 is 15.3 Å². The Labute approximate surface area is 125 Å². The Hall–Kier alpha value is -2.03. The summed E-state index contributed by atoms with van der Waals surface area (Å²) < 4.78 is 0. The van der Waals surface area contributed by atoms with Crippen LogP contribution in [0.4, 0.5) is 0 Å². The average molecular weight is 293 g/mol. The van der Waals surface area contributed by atoms with E-state index in [0.717, 1.165) is 25.8 Å². The summed E-state index contributed by atoms with van der Waals surface area (Å²) >= 11 is 0. The number of nitrogens with one attached hydrogen (secondary N) is 1. The molecule has 21 heavy (non-hydrogen) atoms. The standard InChI is InChI=1S/C15H23N3O3/c1-2-13-6-3-4-9-18(13)11-12(10-16)15(21)17-8-5-7-14(19)20/h11,13H,2-9H2,1H3,(H,17,21)(H,19,20)/b12-11-. The van der Waals surface area contributed by atoms with Gasteiger partial charge in [0.15, 0.2) is 0 Å². The topological polar surface area (TPSA) is 93.4 Å². The number of rotatable bonds is 7. The number of nitrogens with zero attached hydrogens (tertiary/aromatic N) is 2. The van der Waals surface area contributed by atoms with Gasteiger partial charge in [0, 0.05) is 31.8 Å². The van der Waals surface area contributed by atoms with Crippen LogP contribution in [-0.2, 0) is 9.59 Å². The predicted molar refractivity (Wildman–Crippen MR) is 78.2 cm³/mol. The van der Waals surface area contributed by atoms with Crippen molar-refractivity contribution in [3.63, 3.8) is 0 Å². The molecule has 1 aliphatic heterocycles. The number of aliphatic carboxylic acids is 1. The van der Waals surface area contributed by atoms with E-state index in [9.17, 15) is 9.59 Å². The van der Waals surface area contributed by atoms with Crippen LogP contribution < -0.4 is 5.32 Å². The van der Waals surface area contributed by atoms with Crippen LogP contribution in [0.3, 0.4) is 0 Å². The maximum Gasteiger partial charge on any atom is 0.303 e. The molecule has 0 aromatic rings. The largest absolute Gasteiger partial charge is 0.481 e. The fourth-order valence-corrected chi connectivity index (χ4v) is 2.47. The molecule has 0 saturated carbocycles. The molecule has 6 nitrogen and oxygen atoms in total. The number of carboxylic acid groups (broad SMARTS) is 1. The van der Waals surface area contributed by atoms with E-state index >= 15 is 0 Å². The molecular formula is C15H23N3O3. The highest BCUT2D eigenvalue weighted by molar-refractivity contribution is 5.97. The molecule has 0 aliphatic carbocycles. The maximum absolute atomic E-state index is 11.9. The first-order valence-electron chi connectivity index (χ1n) is 7.46. The van der Waals surface area contributed by atoms with Crippen molar-refractivity contribution in [2.24, 2.45) is 0 Å². The van der Waals surface area contributed by atoms with E-state index in [2.05, 4.69) is 17.1 Å². The molecule has 1 saturated heterocycles. The van der Waals surface area contributed by atoms with Crippen molar-refractivity contribution in [2.75, 3.05) is 13.1 Å². The van der Waals surface area contributed by atoms with Crippen LogP contribution in [-0.4, -0.2) is 41.0 Å². The molecule has 2 N–H and O–H groups in total. The first kappa shape index (κ1) is 17.0. The van der Waals surface area contributed by atoms with Crippen LogP contribution in [0.1, 0.15) is 45.4 Å². The SMILES string of the molecule is CCC1CCCCN1/C=C(/C#N)C(=O)NCCCC(=O)O. The third-order valence-electron chi connectivity index (χ3n) is 3.66. The van der Waals surface area contributed by atoms with Gasteiger partial charge in [0.05, 0.1) is 0 Å². The number of hydrogen-bond acceptors (Lipinski definition) is 4. The van der Waals surface area contributed by atoms with Crippen LogP contribution in [0.15, 0.2) is 11.8 Å². The molecule has 1 rings (SSSR count). The lowest BCUT2D eigenvalue weighted by Gasteiger charge is -2.34. The summed E-state index contributed by atoms with van der Waals surface area (Å²) in [5.41, 5.74) is 0.0886. The van der Waals surface area contributed by atoms with Crippen LogP contribution >= 0.6 is 0 Å². The minimum Gasteiger partial charge on any atom is -0.481 e. The van der Waals surface area contributed by atoms with E-state index in [1.165, 1.54) is 6.42 Å². The summed E-state index contributed by atoms with van der Waals surface area (Å²) in [7, 11) is 0. The van der Waals surface area contributed by atoms with E-state index in [1.54, 1.807) is 6.20 Å². The molecule has 1 unspecified atom stereocenters. The number of piperidine rings is 1. The monoisotopic (exact) mass is 293 g/mol. The van der Waals surface area contributed by atoms with E-state index in [0.29, 0.717) is 12.5 Å². The second kappa shape index (κ2) is 9.01. The van der Waals surface area contributed by atoms with Gasteiger partial charge in [0.2, 0.25) is 0 Å². The van der Waals surface area contributed by atoms with Gasteiger partial charge in [0.25, 0.3) is 5.91 Å². The van der Waals surface area contributed by atoms with Gasteiger partial charge in [-0.1, -0.05) is 6.92 Å². The molecule has 0 aromatic carbocycles. The zero-order valence-electron chi connectivity index (χ0n) is 12.5. The number of carboxylic acids is 1. The Morgan fingerprint density at radius 1 is 1.48 bits per heavy atom. The van der Waals surface area contributed by atoms with Crippen molar-refractivity contribution in [3.8, 4) is 6.07 Å². The number of nitriles is 1. The fourth-order valence-electron chi connectivity index (χ4n) is 2.47. The molecule has 1 fully saturated rings. The number of hydrogen-bond donors (Lipinski definition) is 2. The van der Waals surface area contributed by atoms with Crippen LogP contribution in [0.5, 0.6) is 0 Å². The number of carbonyl (C=O) groups excluding carboxylic acids is 1. The molecule has 1 aliphatic rings. The van der Waals surface area contributed by atoms with E-state index in [-0.39, 0.29) is 18.5 Å². The van der Waals surface area contributed by atoms with Gasteiger partial charge in [0.1, 0.15) is 11.6 Å². The minimum absolute atomic E-state index is 0.00984. The predicted octanol–water partition coefficient (Wildman–Crippen LogP) is 1.64. The molecule has 1 heterocycles. The number of amides is 1. The van der Waals surface area contributed by atoms with Crippen molar-refractivity contribution in [2.45, 2.75) is 51.5 Å². The number of carbonyl (C=O) groups is 2. The lowest BCUT2D eigenvalue weighted by Crippen LogP contribution is -2.36. The molecule has 1 atom stereocenters. The number of likely N-dealkylation sites (tertiary alicyclic amines) is 1.